The zero-order valence-corrected chi connectivity index (χ0v) is 11.2. The first-order valence-electron chi connectivity index (χ1n) is 5.37. The summed E-state index contributed by atoms with van der Waals surface area (Å²) in [6.07, 6.45) is 2.35. The number of carboxylic acid groups (broad SMARTS) is 1. The van der Waals surface area contributed by atoms with Crippen molar-refractivity contribution in [2.24, 2.45) is 0 Å². The Morgan fingerprint density at radius 2 is 1.47 bits per heavy atom. The molecule has 0 saturated carbocycles. The fourth-order valence-electron chi connectivity index (χ4n) is 1.65. The number of carbonyl (C=O) groups is 1. The second kappa shape index (κ2) is 6.53. The molecule has 0 aliphatic rings. The number of aliphatic carboxylic acids is 1. The van der Waals surface area contributed by atoms with Crippen molar-refractivity contribution in [1.29, 1.82) is 0 Å². The second-order valence-corrected chi connectivity index (χ2v) is 3.43. The minimum Gasteiger partial charge on any atom is -0.493 e. The lowest BCUT2D eigenvalue weighted by atomic mass is 10.1. The Bertz CT molecular complexity index is 462. The van der Waals surface area contributed by atoms with Crippen LogP contribution >= 0.6 is 0 Å². The molecule has 1 N–H and O–H groups in total. The summed E-state index contributed by atoms with van der Waals surface area (Å²) in [4.78, 5) is 10.6. The molecule has 19 heavy (non-hydrogen) atoms. The van der Waals surface area contributed by atoms with E-state index in [0.717, 1.165) is 6.08 Å². The fraction of sp³-hybridized carbons (Fsp3) is 0.308. The van der Waals surface area contributed by atoms with E-state index in [1.54, 1.807) is 6.07 Å². The molecule has 1 aromatic carbocycles. The summed E-state index contributed by atoms with van der Waals surface area (Å²) < 4.78 is 20.8. The Labute approximate surface area is 111 Å². The zero-order valence-electron chi connectivity index (χ0n) is 11.2. The van der Waals surface area contributed by atoms with Gasteiger partial charge in [-0.3, -0.25) is 0 Å². The Morgan fingerprint density at radius 3 is 1.79 bits per heavy atom. The normalized spacial score (nSPS) is 10.3. The number of carboxylic acids is 1. The van der Waals surface area contributed by atoms with Gasteiger partial charge in [0.2, 0.25) is 0 Å². The number of hydrogen-bond donors (Lipinski definition) is 1. The Hall–Kier alpha value is -2.37. The summed E-state index contributed by atoms with van der Waals surface area (Å²) in [5.41, 5.74) is 0.434. The van der Waals surface area contributed by atoms with Gasteiger partial charge < -0.3 is 24.1 Å². The Morgan fingerprint density at radius 1 is 1.00 bits per heavy atom. The van der Waals surface area contributed by atoms with Gasteiger partial charge in [-0.2, -0.15) is 0 Å². The SMILES string of the molecule is COc1cc(OC)c(OC)c(C=CC(=O)O)c1OC. The predicted molar refractivity (Wildman–Crippen MR) is 69.3 cm³/mol. The molecule has 0 bridgehead atoms. The quantitative estimate of drug-likeness (QED) is 0.793. The smallest absolute Gasteiger partial charge is 0.328 e. The summed E-state index contributed by atoms with van der Waals surface area (Å²) >= 11 is 0. The third-order valence-corrected chi connectivity index (χ3v) is 2.44. The van der Waals surface area contributed by atoms with Crippen LogP contribution in [-0.2, 0) is 4.79 Å². The molecule has 0 saturated heterocycles. The fourth-order valence-corrected chi connectivity index (χ4v) is 1.65. The Kier molecular flexibility index (Phi) is 5.05. The van der Waals surface area contributed by atoms with E-state index in [1.807, 2.05) is 0 Å². The molecule has 6 nitrogen and oxygen atoms in total. The average Bonchev–Trinajstić information content (AvgIpc) is 2.42. The standard InChI is InChI=1S/C13H16O6/c1-16-9-7-10(17-2)13(19-4)8(12(9)18-3)5-6-11(14)15/h5-7H,1-4H3,(H,14,15). The summed E-state index contributed by atoms with van der Waals surface area (Å²) in [6.45, 7) is 0. The van der Waals surface area contributed by atoms with Gasteiger partial charge in [-0.05, 0) is 6.08 Å². The molecule has 6 heteroatoms. The summed E-state index contributed by atoms with van der Waals surface area (Å²) in [7, 11) is 5.88. The summed E-state index contributed by atoms with van der Waals surface area (Å²) in [5.74, 6) is 0.511. The maximum Gasteiger partial charge on any atom is 0.328 e. The van der Waals surface area contributed by atoms with Crippen molar-refractivity contribution in [1.82, 2.24) is 0 Å². The van der Waals surface area contributed by atoms with Crippen LogP contribution in [-0.4, -0.2) is 39.5 Å². The van der Waals surface area contributed by atoms with E-state index in [1.165, 1.54) is 34.5 Å². The van der Waals surface area contributed by atoms with Crippen LogP contribution in [0.5, 0.6) is 23.0 Å². The predicted octanol–water partition coefficient (Wildman–Crippen LogP) is 1.82. The minimum absolute atomic E-state index is 0.373. The van der Waals surface area contributed by atoms with Gasteiger partial charge in [0, 0.05) is 12.1 Å². The van der Waals surface area contributed by atoms with Crippen LogP contribution in [0.15, 0.2) is 12.1 Å². The van der Waals surface area contributed by atoms with Gasteiger partial charge in [0.15, 0.2) is 23.0 Å². The molecule has 1 aromatic rings. The largest absolute Gasteiger partial charge is 0.493 e. The van der Waals surface area contributed by atoms with E-state index in [4.69, 9.17) is 24.1 Å². The molecule has 0 radical (unpaired) electrons. The Balaban J connectivity index is 3.55. The highest BCUT2D eigenvalue weighted by atomic mass is 16.5. The van der Waals surface area contributed by atoms with Crippen molar-refractivity contribution in [3.05, 3.63) is 17.7 Å². The number of hydrogen-bond acceptors (Lipinski definition) is 5. The molecule has 0 spiro atoms. The van der Waals surface area contributed by atoms with Crippen LogP contribution < -0.4 is 18.9 Å². The van der Waals surface area contributed by atoms with Crippen LogP contribution in [0.3, 0.4) is 0 Å². The van der Waals surface area contributed by atoms with Crippen molar-refractivity contribution in [3.63, 3.8) is 0 Å². The van der Waals surface area contributed by atoms with Crippen LogP contribution in [0.25, 0.3) is 6.08 Å². The molecule has 0 fully saturated rings. The van der Waals surface area contributed by atoms with Gasteiger partial charge >= 0.3 is 5.97 Å². The van der Waals surface area contributed by atoms with Crippen molar-refractivity contribution in [3.8, 4) is 23.0 Å². The molecule has 0 heterocycles. The lowest BCUT2D eigenvalue weighted by Gasteiger charge is -2.17. The molecule has 0 aromatic heterocycles. The maximum atomic E-state index is 10.6. The van der Waals surface area contributed by atoms with Gasteiger partial charge in [-0.25, -0.2) is 4.79 Å². The molecule has 0 aliphatic carbocycles. The van der Waals surface area contributed by atoms with E-state index < -0.39 is 5.97 Å². The number of rotatable bonds is 6. The summed E-state index contributed by atoms with van der Waals surface area (Å²) in [5, 5.41) is 8.72. The molecule has 0 unspecified atom stereocenters. The highest BCUT2D eigenvalue weighted by Crippen LogP contribution is 2.45. The van der Waals surface area contributed by atoms with Crippen LogP contribution in [0.4, 0.5) is 0 Å². The minimum atomic E-state index is -1.08. The number of methoxy groups -OCH3 is 4. The van der Waals surface area contributed by atoms with Crippen molar-refractivity contribution in [2.45, 2.75) is 0 Å². The monoisotopic (exact) mass is 268 g/mol. The van der Waals surface area contributed by atoms with Crippen LogP contribution in [0, 0.1) is 0 Å². The molecule has 104 valence electrons. The summed E-state index contributed by atoms with van der Waals surface area (Å²) in [6, 6.07) is 1.61. The second-order valence-electron chi connectivity index (χ2n) is 3.43. The molecule has 1 rings (SSSR count). The average molecular weight is 268 g/mol. The third kappa shape index (κ3) is 3.09. The first-order valence-corrected chi connectivity index (χ1v) is 5.37. The first-order chi connectivity index (χ1) is 9.08. The van der Waals surface area contributed by atoms with Crippen LogP contribution in [0.1, 0.15) is 5.56 Å². The van der Waals surface area contributed by atoms with E-state index in [-0.39, 0.29) is 0 Å². The van der Waals surface area contributed by atoms with E-state index in [9.17, 15) is 4.79 Å². The third-order valence-electron chi connectivity index (χ3n) is 2.44. The van der Waals surface area contributed by atoms with Crippen molar-refractivity contribution in [2.75, 3.05) is 28.4 Å². The van der Waals surface area contributed by atoms with Gasteiger partial charge in [0.1, 0.15) is 0 Å². The van der Waals surface area contributed by atoms with E-state index in [0.29, 0.717) is 28.6 Å². The van der Waals surface area contributed by atoms with E-state index in [2.05, 4.69) is 0 Å². The highest BCUT2D eigenvalue weighted by molar-refractivity contribution is 5.87. The molecule has 0 aliphatic heterocycles. The van der Waals surface area contributed by atoms with Gasteiger partial charge in [-0.1, -0.05) is 0 Å². The lowest BCUT2D eigenvalue weighted by molar-refractivity contribution is -0.131. The van der Waals surface area contributed by atoms with Crippen LogP contribution in [0.2, 0.25) is 0 Å². The van der Waals surface area contributed by atoms with Gasteiger partial charge in [-0.15, -0.1) is 0 Å². The molecule has 0 atom stereocenters. The van der Waals surface area contributed by atoms with Crippen molar-refractivity contribution >= 4 is 12.0 Å². The van der Waals surface area contributed by atoms with Crippen molar-refractivity contribution < 1.29 is 28.8 Å². The highest BCUT2D eigenvalue weighted by Gasteiger charge is 2.19. The first kappa shape index (κ1) is 14.7. The number of ether oxygens (including phenoxy) is 4. The zero-order chi connectivity index (χ0) is 14.4. The van der Waals surface area contributed by atoms with E-state index >= 15 is 0 Å². The number of benzene rings is 1. The molecular weight excluding hydrogens is 252 g/mol. The van der Waals surface area contributed by atoms with Gasteiger partial charge in [0.05, 0.1) is 34.0 Å². The molecular formula is C13H16O6. The van der Waals surface area contributed by atoms with Gasteiger partial charge in [0.25, 0.3) is 0 Å². The topological polar surface area (TPSA) is 74.2 Å². The maximum absolute atomic E-state index is 10.6. The lowest BCUT2D eigenvalue weighted by Crippen LogP contribution is -2.00. The molecule has 0 amide bonds.